The van der Waals surface area contributed by atoms with Crippen molar-refractivity contribution in [3.05, 3.63) is 53.6 Å². The highest BCUT2D eigenvalue weighted by Gasteiger charge is 2.35. The Bertz CT molecular complexity index is 742. The van der Waals surface area contributed by atoms with E-state index in [2.05, 4.69) is 20.8 Å². The highest BCUT2D eigenvalue weighted by molar-refractivity contribution is 5.90. The molecule has 3 heterocycles. The van der Waals surface area contributed by atoms with E-state index < -0.39 is 24.3 Å². The SMILES string of the molecule is NC(=O)c1cc(COc2ccc(C3NNCC3C(F)F)nc2)ccn1. The summed E-state index contributed by atoms with van der Waals surface area (Å²) in [4.78, 5) is 19.2. The molecule has 25 heavy (non-hydrogen) atoms. The van der Waals surface area contributed by atoms with Crippen LogP contribution in [-0.2, 0) is 6.61 Å². The molecule has 132 valence electrons. The third kappa shape index (κ3) is 4.06. The minimum atomic E-state index is -2.43. The fourth-order valence-electron chi connectivity index (χ4n) is 2.57. The van der Waals surface area contributed by atoms with Gasteiger partial charge in [0.05, 0.1) is 23.9 Å². The Labute approximate surface area is 142 Å². The van der Waals surface area contributed by atoms with Crippen molar-refractivity contribution >= 4 is 5.91 Å². The maximum Gasteiger partial charge on any atom is 0.267 e. The number of hydrogen-bond donors (Lipinski definition) is 3. The number of nitrogens with zero attached hydrogens (tertiary/aromatic N) is 2. The molecule has 3 rings (SSSR count). The van der Waals surface area contributed by atoms with E-state index in [4.69, 9.17) is 10.5 Å². The molecule has 1 saturated heterocycles. The van der Waals surface area contributed by atoms with Gasteiger partial charge in [-0.15, -0.1) is 0 Å². The summed E-state index contributed by atoms with van der Waals surface area (Å²) in [5, 5.41) is 0. The summed E-state index contributed by atoms with van der Waals surface area (Å²) in [6, 6.07) is 6.02. The molecule has 1 aliphatic rings. The Hall–Kier alpha value is -2.65. The molecule has 1 aliphatic heterocycles. The number of nitrogens with two attached hydrogens (primary N) is 1. The summed E-state index contributed by atoms with van der Waals surface area (Å²) < 4.78 is 31.6. The first-order chi connectivity index (χ1) is 12.0. The predicted octanol–water partition coefficient (Wildman–Crippen LogP) is 1.18. The lowest BCUT2D eigenvalue weighted by Gasteiger charge is -2.17. The smallest absolute Gasteiger partial charge is 0.267 e. The lowest BCUT2D eigenvalue weighted by molar-refractivity contribution is 0.0752. The Morgan fingerprint density at radius 2 is 2.20 bits per heavy atom. The fraction of sp³-hybridized carbons (Fsp3) is 0.312. The van der Waals surface area contributed by atoms with Gasteiger partial charge in [0.15, 0.2) is 0 Å². The number of carbonyl (C=O) groups is 1. The van der Waals surface area contributed by atoms with Crippen LogP contribution in [0.4, 0.5) is 8.78 Å². The summed E-state index contributed by atoms with van der Waals surface area (Å²) in [6.45, 7) is 0.388. The summed E-state index contributed by atoms with van der Waals surface area (Å²) >= 11 is 0. The molecule has 0 spiro atoms. The standard InChI is InChI=1S/C16H17F2N5O2/c17-15(18)11-7-22-23-14(11)12-2-1-10(6-21-12)25-8-9-3-4-20-13(5-9)16(19)24/h1-6,11,14-15,22-23H,7-8H2,(H2,19,24). The van der Waals surface area contributed by atoms with Crippen LogP contribution in [0.2, 0.25) is 0 Å². The van der Waals surface area contributed by atoms with Crippen LogP contribution in [-0.4, -0.2) is 28.8 Å². The molecule has 0 aliphatic carbocycles. The molecular formula is C16H17F2N5O2. The topological polar surface area (TPSA) is 102 Å². The number of ether oxygens (including phenoxy) is 1. The highest BCUT2D eigenvalue weighted by Crippen LogP contribution is 2.29. The van der Waals surface area contributed by atoms with Crippen LogP contribution in [0.15, 0.2) is 36.7 Å². The third-order valence-corrected chi connectivity index (χ3v) is 3.91. The quantitative estimate of drug-likeness (QED) is 0.724. The van der Waals surface area contributed by atoms with Crippen LogP contribution >= 0.6 is 0 Å². The van der Waals surface area contributed by atoms with Gasteiger partial charge < -0.3 is 10.5 Å². The van der Waals surface area contributed by atoms with Crippen LogP contribution in [0.1, 0.15) is 27.8 Å². The molecule has 0 radical (unpaired) electrons. The number of pyridine rings is 2. The lowest BCUT2D eigenvalue weighted by atomic mass is 9.99. The molecule has 2 atom stereocenters. The van der Waals surface area contributed by atoms with E-state index in [0.29, 0.717) is 11.4 Å². The summed E-state index contributed by atoms with van der Waals surface area (Å²) in [5.74, 6) is -0.955. The molecule has 2 aromatic rings. The van der Waals surface area contributed by atoms with Gasteiger partial charge in [-0.25, -0.2) is 14.2 Å². The number of nitrogens with one attached hydrogen (secondary N) is 2. The van der Waals surface area contributed by atoms with Crippen LogP contribution in [0.3, 0.4) is 0 Å². The first kappa shape index (κ1) is 17.2. The van der Waals surface area contributed by atoms with E-state index in [0.717, 1.165) is 5.56 Å². The lowest BCUT2D eigenvalue weighted by Crippen LogP contribution is -2.26. The average molecular weight is 349 g/mol. The van der Waals surface area contributed by atoms with E-state index in [9.17, 15) is 13.6 Å². The van der Waals surface area contributed by atoms with Gasteiger partial charge in [0.1, 0.15) is 18.1 Å². The van der Waals surface area contributed by atoms with Crippen molar-refractivity contribution in [1.29, 1.82) is 0 Å². The van der Waals surface area contributed by atoms with E-state index in [1.165, 1.54) is 12.4 Å². The monoisotopic (exact) mass is 349 g/mol. The fourth-order valence-corrected chi connectivity index (χ4v) is 2.57. The van der Waals surface area contributed by atoms with Crippen molar-refractivity contribution < 1.29 is 18.3 Å². The molecular weight excluding hydrogens is 332 g/mol. The molecule has 0 saturated carbocycles. The highest BCUT2D eigenvalue weighted by atomic mass is 19.3. The molecule has 2 unspecified atom stereocenters. The Morgan fingerprint density at radius 1 is 1.36 bits per heavy atom. The van der Waals surface area contributed by atoms with Crippen molar-refractivity contribution in [3.8, 4) is 5.75 Å². The van der Waals surface area contributed by atoms with Crippen LogP contribution in [0.25, 0.3) is 0 Å². The van der Waals surface area contributed by atoms with Crippen molar-refractivity contribution in [1.82, 2.24) is 20.8 Å². The number of primary amides is 1. The largest absolute Gasteiger partial charge is 0.487 e. The zero-order valence-corrected chi connectivity index (χ0v) is 13.2. The van der Waals surface area contributed by atoms with E-state index in [1.54, 1.807) is 24.3 Å². The maximum absolute atomic E-state index is 13.0. The number of alkyl halides is 2. The Morgan fingerprint density at radius 3 is 2.88 bits per heavy atom. The molecule has 1 amide bonds. The van der Waals surface area contributed by atoms with Gasteiger partial charge in [-0.2, -0.15) is 0 Å². The van der Waals surface area contributed by atoms with Gasteiger partial charge in [0.25, 0.3) is 5.91 Å². The first-order valence-electron chi connectivity index (χ1n) is 7.64. The first-order valence-corrected chi connectivity index (χ1v) is 7.64. The van der Waals surface area contributed by atoms with Crippen LogP contribution < -0.4 is 21.3 Å². The number of hydrazine groups is 1. The summed E-state index contributed by atoms with van der Waals surface area (Å²) in [7, 11) is 0. The number of halogens is 2. The second kappa shape index (κ2) is 7.49. The molecule has 9 heteroatoms. The number of hydrogen-bond acceptors (Lipinski definition) is 6. The number of aromatic nitrogens is 2. The second-order valence-electron chi connectivity index (χ2n) is 5.62. The van der Waals surface area contributed by atoms with E-state index in [1.807, 2.05) is 0 Å². The van der Waals surface area contributed by atoms with E-state index in [-0.39, 0.29) is 18.8 Å². The minimum absolute atomic E-state index is 0.160. The molecule has 2 aromatic heterocycles. The molecule has 1 fully saturated rings. The van der Waals surface area contributed by atoms with E-state index >= 15 is 0 Å². The van der Waals surface area contributed by atoms with Gasteiger partial charge in [0, 0.05) is 12.7 Å². The Kier molecular flexibility index (Phi) is 5.15. The summed E-state index contributed by atoms with van der Waals surface area (Å²) in [5.41, 5.74) is 12.1. The number of rotatable bonds is 6. The molecule has 7 nitrogen and oxygen atoms in total. The van der Waals surface area contributed by atoms with Gasteiger partial charge in [-0.05, 0) is 29.8 Å². The van der Waals surface area contributed by atoms with Crippen LogP contribution in [0.5, 0.6) is 5.75 Å². The van der Waals surface area contributed by atoms with Crippen molar-refractivity contribution in [2.75, 3.05) is 6.54 Å². The van der Waals surface area contributed by atoms with Gasteiger partial charge in [-0.1, -0.05) is 0 Å². The Balaban J connectivity index is 1.63. The zero-order valence-electron chi connectivity index (χ0n) is 13.2. The molecule has 0 aromatic carbocycles. The van der Waals surface area contributed by atoms with Crippen LogP contribution in [0, 0.1) is 5.92 Å². The average Bonchev–Trinajstić information content (AvgIpc) is 3.11. The minimum Gasteiger partial charge on any atom is -0.487 e. The summed E-state index contributed by atoms with van der Waals surface area (Å²) in [6.07, 6.45) is 0.522. The second-order valence-corrected chi connectivity index (χ2v) is 5.62. The van der Waals surface area contributed by atoms with Crippen molar-refractivity contribution in [2.45, 2.75) is 19.1 Å². The third-order valence-electron chi connectivity index (χ3n) is 3.91. The normalized spacial score (nSPS) is 20.0. The maximum atomic E-state index is 13.0. The molecule has 0 bridgehead atoms. The van der Waals surface area contributed by atoms with Gasteiger partial charge in [0.2, 0.25) is 6.43 Å². The number of amides is 1. The van der Waals surface area contributed by atoms with Gasteiger partial charge >= 0.3 is 0 Å². The van der Waals surface area contributed by atoms with Gasteiger partial charge in [-0.3, -0.25) is 20.2 Å². The van der Waals surface area contributed by atoms with Crippen molar-refractivity contribution in [2.24, 2.45) is 11.7 Å². The molecule has 4 N–H and O–H groups in total. The number of carbonyl (C=O) groups excluding carboxylic acids is 1. The predicted molar refractivity (Wildman–Crippen MR) is 84.7 cm³/mol. The van der Waals surface area contributed by atoms with Crippen molar-refractivity contribution in [3.63, 3.8) is 0 Å². The zero-order chi connectivity index (χ0) is 17.8.